The lowest BCUT2D eigenvalue weighted by atomic mass is 9.97. The van der Waals surface area contributed by atoms with E-state index in [4.69, 9.17) is 0 Å². The van der Waals surface area contributed by atoms with Crippen LogP contribution in [-0.2, 0) is 16.1 Å². The number of nitrogens with one attached hydrogen (secondary N) is 3. The van der Waals surface area contributed by atoms with Crippen molar-refractivity contribution in [3.05, 3.63) is 53.0 Å². The lowest BCUT2D eigenvalue weighted by molar-refractivity contribution is -0.120. The SMILES string of the molecule is O=C1CNC(=O)C(=Cc2ccnc(N3CCC(CNCc4nc5ccccc5[nH]4)CC3)n2)S1. The van der Waals surface area contributed by atoms with E-state index in [0.29, 0.717) is 22.5 Å². The average molecular weight is 464 g/mol. The van der Waals surface area contributed by atoms with Crippen LogP contribution in [0.15, 0.2) is 41.4 Å². The Bertz CT molecular complexity index is 1170. The van der Waals surface area contributed by atoms with Gasteiger partial charge in [0.15, 0.2) is 0 Å². The van der Waals surface area contributed by atoms with Crippen LogP contribution in [-0.4, -0.2) is 57.1 Å². The van der Waals surface area contributed by atoms with Gasteiger partial charge < -0.3 is 20.5 Å². The molecule has 0 spiro atoms. The van der Waals surface area contributed by atoms with Gasteiger partial charge in [0.1, 0.15) is 5.82 Å². The second-order valence-electron chi connectivity index (χ2n) is 8.21. The predicted molar refractivity (Wildman–Crippen MR) is 128 cm³/mol. The number of rotatable bonds is 6. The van der Waals surface area contributed by atoms with Crippen LogP contribution in [0.3, 0.4) is 0 Å². The van der Waals surface area contributed by atoms with E-state index < -0.39 is 0 Å². The minimum absolute atomic E-state index is 0.0674. The van der Waals surface area contributed by atoms with Crippen LogP contribution in [0.5, 0.6) is 0 Å². The molecular formula is C23H25N7O2S. The third kappa shape index (κ3) is 5.23. The lowest BCUT2D eigenvalue weighted by Crippen LogP contribution is -2.38. The Morgan fingerprint density at radius 1 is 1.15 bits per heavy atom. The number of carbonyl (C=O) groups is 2. The minimum atomic E-state index is -0.240. The highest BCUT2D eigenvalue weighted by Gasteiger charge is 2.23. The smallest absolute Gasteiger partial charge is 0.258 e. The van der Waals surface area contributed by atoms with E-state index in [2.05, 4.69) is 35.5 Å². The number of benzene rings is 1. The van der Waals surface area contributed by atoms with Crippen LogP contribution in [0, 0.1) is 5.92 Å². The van der Waals surface area contributed by atoms with Gasteiger partial charge in [-0.15, -0.1) is 0 Å². The molecule has 2 saturated heterocycles. The van der Waals surface area contributed by atoms with E-state index >= 15 is 0 Å². The van der Waals surface area contributed by atoms with Crippen molar-refractivity contribution in [3.8, 4) is 0 Å². The molecule has 1 aromatic carbocycles. The lowest BCUT2D eigenvalue weighted by Gasteiger charge is -2.32. The van der Waals surface area contributed by atoms with Gasteiger partial charge in [-0.3, -0.25) is 9.59 Å². The van der Waals surface area contributed by atoms with Gasteiger partial charge in [-0.2, -0.15) is 0 Å². The van der Waals surface area contributed by atoms with Crippen LogP contribution in [0.2, 0.25) is 0 Å². The molecule has 0 unspecified atom stereocenters. The van der Waals surface area contributed by atoms with Gasteiger partial charge in [-0.25, -0.2) is 15.0 Å². The molecule has 0 bridgehead atoms. The Balaban J connectivity index is 1.13. The second kappa shape index (κ2) is 9.72. The highest BCUT2D eigenvalue weighted by Crippen LogP contribution is 2.24. The first kappa shape index (κ1) is 21.6. The number of piperidine rings is 1. The number of thioether (sulfide) groups is 1. The van der Waals surface area contributed by atoms with E-state index in [1.54, 1.807) is 18.3 Å². The van der Waals surface area contributed by atoms with Gasteiger partial charge in [0.05, 0.1) is 34.7 Å². The summed E-state index contributed by atoms with van der Waals surface area (Å²) in [5, 5.41) is 6.03. The van der Waals surface area contributed by atoms with Crippen LogP contribution < -0.4 is 15.5 Å². The normalized spacial score (nSPS) is 18.8. The standard InChI is InChI=1S/C23H25N7O2S/c31-21-14-26-22(32)19(33-21)11-16-5-8-25-23(27-16)30-9-6-15(7-10-30)12-24-13-20-28-17-3-1-2-4-18(17)29-20/h1-5,8,11,15,24H,6-7,9-10,12-14H2,(H,26,32)(H,28,29). The fraction of sp³-hybridized carbons (Fsp3) is 0.348. The topological polar surface area (TPSA) is 116 Å². The number of carbonyl (C=O) groups excluding carboxylic acids is 2. The third-order valence-corrected chi connectivity index (χ3v) is 6.74. The molecule has 33 heavy (non-hydrogen) atoms. The van der Waals surface area contributed by atoms with Gasteiger partial charge in [0.2, 0.25) is 11.1 Å². The summed E-state index contributed by atoms with van der Waals surface area (Å²) < 4.78 is 0. The zero-order valence-corrected chi connectivity index (χ0v) is 18.9. The summed E-state index contributed by atoms with van der Waals surface area (Å²) in [6, 6.07) is 9.81. The van der Waals surface area contributed by atoms with Crippen LogP contribution in [0.25, 0.3) is 17.1 Å². The van der Waals surface area contributed by atoms with Crippen molar-refractivity contribution in [3.63, 3.8) is 0 Å². The van der Waals surface area contributed by atoms with Crippen LogP contribution in [0.4, 0.5) is 5.95 Å². The number of hydrogen-bond donors (Lipinski definition) is 3. The van der Waals surface area contributed by atoms with Crippen molar-refractivity contribution in [2.24, 2.45) is 5.92 Å². The number of imidazole rings is 1. The van der Waals surface area contributed by atoms with Crippen molar-refractivity contribution >= 4 is 45.8 Å². The quantitative estimate of drug-likeness (QED) is 0.476. The molecule has 0 atom stereocenters. The molecule has 2 aliphatic rings. The summed E-state index contributed by atoms with van der Waals surface area (Å²) in [4.78, 5) is 43.1. The molecule has 2 fully saturated rings. The summed E-state index contributed by atoms with van der Waals surface area (Å²) >= 11 is 0.960. The second-order valence-corrected chi connectivity index (χ2v) is 9.31. The molecule has 170 valence electrons. The molecule has 5 rings (SSSR count). The molecule has 1 amide bonds. The molecule has 0 aliphatic carbocycles. The van der Waals surface area contributed by atoms with E-state index in [0.717, 1.165) is 67.6 Å². The van der Waals surface area contributed by atoms with E-state index in [1.165, 1.54) is 0 Å². The first-order valence-electron chi connectivity index (χ1n) is 11.1. The van der Waals surface area contributed by atoms with Crippen molar-refractivity contribution in [1.82, 2.24) is 30.6 Å². The highest BCUT2D eigenvalue weighted by molar-refractivity contribution is 8.18. The third-order valence-electron chi connectivity index (χ3n) is 5.85. The summed E-state index contributed by atoms with van der Waals surface area (Å²) in [5.41, 5.74) is 2.69. The minimum Gasteiger partial charge on any atom is -0.344 e. The Hall–Kier alpha value is -3.24. The molecule has 2 aromatic heterocycles. The Morgan fingerprint density at radius 3 is 2.85 bits per heavy atom. The number of amides is 1. The van der Waals surface area contributed by atoms with Gasteiger partial charge in [0.25, 0.3) is 5.91 Å². The predicted octanol–water partition coefficient (Wildman–Crippen LogP) is 2.09. The largest absolute Gasteiger partial charge is 0.344 e. The molecule has 9 nitrogen and oxygen atoms in total. The molecule has 0 radical (unpaired) electrons. The van der Waals surface area contributed by atoms with Gasteiger partial charge in [-0.1, -0.05) is 12.1 Å². The number of nitrogens with zero attached hydrogens (tertiary/aromatic N) is 4. The van der Waals surface area contributed by atoms with Crippen LogP contribution >= 0.6 is 11.8 Å². The van der Waals surface area contributed by atoms with Crippen molar-refractivity contribution < 1.29 is 9.59 Å². The van der Waals surface area contributed by atoms with Gasteiger partial charge in [-0.05, 0) is 61.3 Å². The maximum atomic E-state index is 12.0. The zero-order valence-electron chi connectivity index (χ0n) is 18.1. The average Bonchev–Trinajstić information content (AvgIpc) is 3.25. The maximum Gasteiger partial charge on any atom is 0.258 e. The number of hydrogen-bond acceptors (Lipinski definition) is 8. The van der Waals surface area contributed by atoms with Crippen molar-refractivity contribution in [2.75, 3.05) is 31.1 Å². The van der Waals surface area contributed by atoms with Gasteiger partial charge in [0, 0.05) is 19.3 Å². The molecule has 10 heteroatoms. The highest BCUT2D eigenvalue weighted by atomic mass is 32.2. The fourth-order valence-electron chi connectivity index (χ4n) is 4.09. The maximum absolute atomic E-state index is 12.0. The fourth-order valence-corrected chi connectivity index (χ4v) is 4.82. The molecule has 4 heterocycles. The number of aromatic amines is 1. The number of anilines is 1. The van der Waals surface area contributed by atoms with E-state index in [1.807, 2.05) is 24.3 Å². The molecule has 2 aliphatic heterocycles. The van der Waals surface area contributed by atoms with E-state index in [-0.39, 0.29) is 17.6 Å². The zero-order chi connectivity index (χ0) is 22.6. The Morgan fingerprint density at radius 2 is 2.00 bits per heavy atom. The Kier molecular flexibility index (Phi) is 6.36. The summed E-state index contributed by atoms with van der Waals surface area (Å²) in [6.07, 6.45) is 5.45. The summed E-state index contributed by atoms with van der Waals surface area (Å²) in [6.45, 7) is 3.49. The first-order valence-corrected chi connectivity index (χ1v) is 11.9. The van der Waals surface area contributed by atoms with Crippen LogP contribution in [0.1, 0.15) is 24.4 Å². The van der Waals surface area contributed by atoms with E-state index in [9.17, 15) is 9.59 Å². The monoisotopic (exact) mass is 463 g/mol. The first-order chi connectivity index (χ1) is 16.1. The molecule has 3 aromatic rings. The van der Waals surface area contributed by atoms with Crippen molar-refractivity contribution in [2.45, 2.75) is 19.4 Å². The van der Waals surface area contributed by atoms with Crippen molar-refractivity contribution in [1.29, 1.82) is 0 Å². The summed E-state index contributed by atoms with van der Waals surface area (Å²) in [5.74, 6) is 1.96. The molecule has 0 saturated carbocycles. The molecule has 3 N–H and O–H groups in total. The summed E-state index contributed by atoms with van der Waals surface area (Å²) in [7, 11) is 0. The van der Waals surface area contributed by atoms with Gasteiger partial charge >= 0.3 is 0 Å². The Labute approximate surface area is 195 Å². The number of fused-ring (bicyclic) bond motifs is 1. The number of para-hydroxylation sites is 2. The number of aromatic nitrogens is 4. The molecular weight excluding hydrogens is 438 g/mol. The number of H-pyrrole nitrogens is 1.